The Morgan fingerprint density at radius 1 is 1.31 bits per heavy atom. The van der Waals surface area contributed by atoms with Crippen molar-refractivity contribution in [2.24, 2.45) is 5.41 Å². The molecule has 0 bridgehead atoms. The standard InChI is InChI=1S/C12H15N3O/c13-8-3-1-4-9-10(8)15-11(16)12(7-14-9)5-2-6-12/h1,3-4,14H,2,5-7,13H2,(H,15,16). The van der Waals surface area contributed by atoms with Gasteiger partial charge in [-0.1, -0.05) is 12.5 Å². The highest BCUT2D eigenvalue weighted by Gasteiger charge is 2.45. The van der Waals surface area contributed by atoms with Gasteiger partial charge in [0.15, 0.2) is 0 Å². The van der Waals surface area contributed by atoms with Crippen molar-refractivity contribution in [3.8, 4) is 0 Å². The minimum Gasteiger partial charge on any atom is -0.397 e. The zero-order chi connectivity index (χ0) is 11.2. The van der Waals surface area contributed by atoms with Crippen molar-refractivity contribution in [3.05, 3.63) is 18.2 Å². The molecular weight excluding hydrogens is 202 g/mol. The molecule has 16 heavy (non-hydrogen) atoms. The number of amides is 1. The van der Waals surface area contributed by atoms with E-state index in [1.165, 1.54) is 0 Å². The largest absolute Gasteiger partial charge is 0.397 e. The van der Waals surface area contributed by atoms with Crippen LogP contribution >= 0.6 is 0 Å². The Morgan fingerprint density at radius 3 is 2.81 bits per heavy atom. The van der Waals surface area contributed by atoms with Crippen molar-refractivity contribution in [2.75, 3.05) is 22.9 Å². The topological polar surface area (TPSA) is 67.1 Å². The maximum absolute atomic E-state index is 12.1. The zero-order valence-electron chi connectivity index (χ0n) is 9.05. The van der Waals surface area contributed by atoms with Crippen molar-refractivity contribution in [2.45, 2.75) is 19.3 Å². The smallest absolute Gasteiger partial charge is 0.232 e. The lowest BCUT2D eigenvalue weighted by Crippen LogP contribution is -2.45. The van der Waals surface area contributed by atoms with Gasteiger partial charge in [-0.25, -0.2) is 0 Å². The molecule has 84 valence electrons. The fraction of sp³-hybridized carbons (Fsp3) is 0.417. The van der Waals surface area contributed by atoms with Crippen molar-refractivity contribution >= 4 is 23.0 Å². The number of carbonyl (C=O) groups is 1. The molecule has 0 unspecified atom stereocenters. The number of fused-ring (bicyclic) bond motifs is 1. The summed E-state index contributed by atoms with van der Waals surface area (Å²) < 4.78 is 0. The summed E-state index contributed by atoms with van der Waals surface area (Å²) in [7, 11) is 0. The molecular formula is C12H15N3O. The second kappa shape index (κ2) is 3.14. The Morgan fingerprint density at radius 2 is 2.12 bits per heavy atom. The SMILES string of the molecule is Nc1cccc2c1NC(=O)C1(CCC1)CN2. The fourth-order valence-corrected chi connectivity index (χ4v) is 2.46. The molecule has 1 spiro atoms. The summed E-state index contributed by atoms with van der Waals surface area (Å²) in [6.45, 7) is 0.718. The molecule has 4 heteroatoms. The van der Waals surface area contributed by atoms with E-state index >= 15 is 0 Å². The number of anilines is 3. The molecule has 1 aliphatic heterocycles. The second-order valence-corrected chi connectivity index (χ2v) is 4.71. The van der Waals surface area contributed by atoms with E-state index in [2.05, 4.69) is 10.6 Å². The molecule has 4 nitrogen and oxygen atoms in total. The molecule has 0 radical (unpaired) electrons. The molecule has 0 saturated heterocycles. The van der Waals surface area contributed by atoms with E-state index in [4.69, 9.17) is 5.73 Å². The van der Waals surface area contributed by atoms with Crippen LogP contribution < -0.4 is 16.4 Å². The summed E-state index contributed by atoms with van der Waals surface area (Å²) >= 11 is 0. The van der Waals surface area contributed by atoms with E-state index < -0.39 is 0 Å². The minimum absolute atomic E-state index is 0.114. The molecule has 1 heterocycles. The van der Waals surface area contributed by atoms with Crippen LogP contribution in [-0.4, -0.2) is 12.5 Å². The van der Waals surface area contributed by atoms with Gasteiger partial charge < -0.3 is 16.4 Å². The number of benzene rings is 1. The number of carbonyl (C=O) groups excluding carboxylic acids is 1. The number of rotatable bonds is 0. The van der Waals surface area contributed by atoms with Crippen LogP contribution in [0.2, 0.25) is 0 Å². The molecule has 1 saturated carbocycles. The molecule has 4 N–H and O–H groups in total. The third-order valence-corrected chi connectivity index (χ3v) is 3.74. The third-order valence-electron chi connectivity index (χ3n) is 3.74. The highest BCUT2D eigenvalue weighted by Crippen LogP contribution is 2.45. The average Bonchev–Trinajstić information content (AvgIpc) is 2.35. The Bertz CT molecular complexity index is 452. The molecule has 1 fully saturated rings. The van der Waals surface area contributed by atoms with Crippen molar-refractivity contribution in [1.82, 2.24) is 0 Å². The first kappa shape index (κ1) is 9.51. The first-order chi connectivity index (χ1) is 7.71. The van der Waals surface area contributed by atoms with E-state index in [9.17, 15) is 4.79 Å². The average molecular weight is 217 g/mol. The summed E-state index contributed by atoms with van der Waals surface area (Å²) in [6, 6.07) is 5.65. The third kappa shape index (κ3) is 1.19. The molecule has 2 aliphatic rings. The summed E-state index contributed by atoms with van der Waals surface area (Å²) in [4.78, 5) is 12.1. The van der Waals surface area contributed by atoms with Crippen LogP contribution in [0.3, 0.4) is 0 Å². The van der Waals surface area contributed by atoms with Gasteiger partial charge in [0.2, 0.25) is 5.91 Å². The zero-order valence-corrected chi connectivity index (χ0v) is 9.05. The molecule has 1 aromatic carbocycles. The monoisotopic (exact) mass is 217 g/mol. The van der Waals surface area contributed by atoms with Crippen LogP contribution in [0.1, 0.15) is 19.3 Å². The van der Waals surface area contributed by atoms with Crippen LogP contribution in [0.25, 0.3) is 0 Å². The van der Waals surface area contributed by atoms with Gasteiger partial charge in [0.25, 0.3) is 0 Å². The van der Waals surface area contributed by atoms with E-state index in [0.717, 1.165) is 37.2 Å². The lowest BCUT2D eigenvalue weighted by Gasteiger charge is -2.38. The van der Waals surface area contributed by atoms with Crippen LogP contribution in [-0.2, 0) is 4.79 Å². The molecule has 1 aromatic rings. The van der Waals surface area contributed by atoms with Gasteiger partial charge in [-0.15, -0.1) is 0 Å². The van der Waals surface area contributed by atoms with Crippen molar-refractivity contribution < 1.29 is 4.79 Å². The van der Waals surface area contributed by atoms with E-state index in [-0.39, 0.29) is 11.3 Å². The summed E-state index contributed by atoms with van der Waals surface area (Å²) in [6.07, 6.45) is 3.08. The molecule has 0 atom stereocenters. The Hall–Kier alpha value is -1.71. The first-order valence-corrected chi connectivity index (χ1v) is 5.65. The fourth-order valence-electron chi connectivity index (χ4n) is 2.46. The highest BCUT2D eigenvalue weighted by atomic mass is 16.2. The Balaban J connectivity index is 2.00. The molecule has 0 aromatic heterocycles. The molecule has 1 aliphatic carbocycles. The van der Waals surface area contributed by atoms with Gasteiger partial charge in [-0.05, 0) is 25.0 Å². The number of nitrogen functional groups attached to an aromatic ring is 1. The number of hydrogen-bond acceptors (Lipinski definition) is 3. The quantitative estimate of drug-likeness (QED) is 0.580. The molecule has 1 amide bonds. The van der Waals surface area contributed by atoms with Gasteiger partial charge in [0.1, 0.15) is 0 Å². The summed E-state index contributed by atoms with van der Waals surface area (Å²) in [5.41, 5.74) is 7.94. The van der Waals surface area contributed by atoms with Gasteiger partial charge in [-0.2, -0.15) is 0 Å². The minimum atomic E-state index is -0.203. The van der Waals surface area contributed by atoms with Gasteiger partial charge in [-0.3, -0.25) is 4.79 Å². The highest BCUT2D eigenvalue weighted by molar-refractivity contribution is 6.03. The van der Waals surface area contributed by atoms with Crippen LogP contribution in [0.4, 0.5) is 17.1 Å². The van der Waals surface area contributed by atoms with Crippen LogP contribution in [0.5, 0.6) is 0 Å². The lowest BCUT2D eigenvalue weighted by atomic mass is 9.68. The number of nitrogens with one attached hydrogen (secondary N) is 2. The number of para-hydroxylation sites is 1. The lowest BCUT2D eigenvalue weighted by molar-refractivity contribution is -0.129. The summed E-state index contributed by atoms with van der Waals surface area (Å²) in [5, 5.41) is 6.28. The van der Waals surface area contributed by atoms with E-state index in [1.54, 1.807) is 6.07 Å². The summed E-state index contributed by atoms with van der Waals surface area (Å²) in [5.74, 6) is 0.114. The van der Waals surface area contributed by atoms with Gasteiger partial charge in [0.05, 0.1) is 22.5 Å². The first-order valence-electron chi connectivity index (χ1n) is 5.65. The van der Waals surface area contributed by atoms with Crippen LogP contribution in [0, 0.1) is 5.41 Å². The number of nitrogens with two attached hydrogens (primary N) is 1. The van der Waals surface area contributed by atoms with E-state index in [1.807, 2.05) is 12.1 Å². The maximum atomic E-state index is 12.1. The van der Waals surface area contributed by atoms with E-state index in [0.29, 0.717) is 5.69 Å². The second-order valence-electron chi connectivity index (χ2n) is 4.71. The number of hydrogen-bond donors (Lipinski definition) is 3. The van der Waals surface area contributed by atoms with Gasteiger partial charge in [0, 0.05) is 6.54 Å². The van der Waals surface area contributed by atoms with Gasteiger partial charge >= 0.3 is 0 Å². The molecule has 3 rings (SSSR count). The maximum Gasteiger partial charge on any atom is 0.232 e. The Kier molecular flexibility index (Phi) is 1.87. The van der Waals surface area contributed by atoms with Crippen molar-refractivity contribution in [1.29, 1.82) is 0 Å². The Labute approximate surface area is 94.2 Å². The normalized spacial score (nSPS) is 21.4. The van der Waals surface area contributed by atoms with Crippen LogP contribution in [0.15, 0.2) is 18.2 Å². The predicted molar refractivity (Wildman–Crippen MR) is 64.3 cm³/mol. The predicted octanol–water partition coefficient (Wildman–Crippen LogP) is 1.80. The van der Waals surface area contributed by atoms with Crippen molar-refractivity contribution in [3.63, 3.8) is 0 Å².